The van der Waals surface area contributed by atoms with Crippen molar-refractivity contribution < 1.29 is 34.2 Å². The Kier molecular flexibility index (Phi) is 5.87. The normalized spacial score (nSPS) is 29.4. The molecule has 0 bridgehead atoms. The van der Waals surface area contributed by atoms with Gasteiger partial charge in [0.25, 0.3) is 0 Å². The number of carbonyl (C=O) groups excluding carboxylic acids is 5. The molecule has 0 radical (unpaired) electrons. The molecule has 2 fully saturated rings. The first-order chi connectivity index (χ1) is 17.1. The maximum absolute atomic E-state index is 13.6. The molecule has 36 heavy (non-hydrogen) atoms. The molecule has 3 aliphatic rings. The number of phenols is 1. The topological polar surface area (TPSA) is 152 Å². The van der Waals surface area contributed by atoms with Crippen molar-refractivity contribution in [3.63, 3.8) is 0 Å². The number of carbonyl (C=O) groups is 5. The van der Waals surface area contributed by atoms with Gasteiger partial charge in [-0.3, -0.25) is 24.0 Å². The molecule has 0 saturated heterocycles. The van der Waals surface area contributed by atoms with Crippen LogP contribution in [0.3, 0.4) is 0 Å². The van der Waals surface area contributed by atoms with Gasteiger partial charge in [0.15, 0.2) is 34.7 Å². The molecule has 2 aromatic carbocycles. The smallest absolute Gasteiger partial charge is 0.235 e. The Morgan fingerprint density at radius 1 is 0.972 bits per heavy atom. The van der Waals surface area contributed by atoms with Crippen LogP contribution in [0.2, 0.25) is 0 Å². The number of nitrogens with two attached hydrogens (primary N) is 1. The molecule has 1 amide bonds. The fourth-order valence-corrected chi connectivity index (χ4v) is 6.39. The molecule has 8 nitrogen and oxygen atoms in total. The molecular formula is C28H27NO7. The summed E-state index contributed by atoms with van der Waals surface area (Å²) in [5.41, 5.74) is 5.41. The van der Waals surface area contributed by atoms with Gasteiger partial charge in [-0.05, 0) is 60.8 Å². The fourth-order valence-electron chi connectivity index (χ4n) is 6.39. The molecule has 0 aromatic heterocycles. The molecule has 5 rings (SSSR count). The summed E-state index contributed by atoms with van der Waals surface area (Å²) in [6.07, 6.45) is 2.40. The van der Waals surface area contributed by atoms with Crippen LogP contribution in [0.4, 0.5) is 0 Å². The second kappa shape index (κ2) is 8.78. The molecule has 0 aliphatic heterocycles. The molecule has 2 unspecified atom stereocenters. The number of aryl methyl sites for hydroxylation is 2. The van der Waals surface area contributed by atoms with Crippen LogP contribution in [0.25, 0.3) is 0 Å². The summed E-state index contributed by atoms with van der Waals surface area (Å²) < 4.78 is 0. The molecule has 2 aromatic rings. The second-order valence-corrected chi connectivity index (χ2v) is 10.2. The molecule has 2 saturated carbocycles. The third-order valence-corrected chi connectivity index (χ3v) is 8.14. The van der Waals surface area contributed by atoms with Gasteiger partial charge in [0, 0.05) is 12.3 Å². The van der Waals surface area contributed by atoms with E-state index in [-0.39, 0.29) is 24.2 Å². The maximum Gasteiger partial charge on any atom is 0.235 e. The highest BCUT2D eigenvalue weighted by Crippen LogP contribution is 2.50. The molecule has 0 heterocycles. The number of rotatable bonds is 5. The quantitative estimate of drug-likeness (QED) is 0.538. The van der Waals surface area contributed by atoms with Crippen molar-refractivity contribution >= 4 is 29.0 Å². The number of aliphatic hydroxyl groups is 1. The SMILES string of the molecule is NC(=O)C1C(=O)C[C@@H]2C[C@@H]3Cc4c(CCCc5ccccc5)ccc(O)c4C(=O)C3C(=O)[C@]2(O)C1=O. The lowest BCUT2D eigenvalue weighted by Crippen LogP contribution is -2.68. The summed E-state index contributed by atoms with van der Waals surface area (Å²) in [5.74, 6) is -9.84. The average Bonchev–Trinajstić information content (AvgIpc) is 2.83. The highest BCUT2D eigenvalue weighted by Gasteiger charge is 2.66. The van der Waals surface area contributed by atoms with E-state index in [1.54, 1.807) is 6.07 Å². The predicted molar refractivity (Wildman–Crippen MR) is 127 cm³/mol. The number of benzene rings is 2. The Morgan fingerprint density at radius 3 is 2.39 bits per heavy atom. The van der Waals surface area contributed by atoms with Gasteiger partial charge in [-0.15, -0.1) is 0 Å². The number of hydrogen-bond acceptors (Lipinski definition) is 7. The van der Waals surface area contributed by atoms with E-state index in [1.807, 2.05) is 30.3 Å². The van der Waals surface area contributed by atoms with E-state index in [2.05, 4.69) is 0 Å². The van der Waals surface area contributed by atoms with Gasteiger partial charge < -0.3 is 15.9 Å². The maximum atomic E-state index is 13.6. The fraction of sp³-hybridized carbons (Fsp3) is 0.393. The third-order valence-electron chi connectivity index (χ3n) is 8.14. The summed E-state index contributed by atoms with van der Waals surface area (Å²) in [5, 5.41) is 21.8. The molecular weight excluding hydrogens is 462 g/mol. The number of amides is 1. The first-order valence-electron chi connectivity index (χ1n) is 12.2. The van der Waals surface area contributed by atoms with Crippen molar-refractivity contribution in [3.05, 3.63) is 64.7 Å². The molecule has 186 valence electrons. The highest BCUT2D eigenvalue weighted by atomic mass is 16.3. The van der Waals surface area contributed by atoms with E-state index < -0.39 is 58.3 Å². The van der Waals surface area contributed by atoms with E-state index in [9.17, 15) is 34.2 Å². The van der Waals surface area contributed by atoms with Crippen LogP contribution in [-0.2, 0) is 38.4 Å². The van der Waals surface area contributed by atoms with E-state index in [4.69, 9.17) is 5.73 Å². The van der Waals surface area contributed by atoms with Gasteiger partial charge in [-0.1, -0.05) is 36.4 Å². The zero-order valence-electron chi connectivity index (χ0n) is 19.6. The Bertz CT molecular complexity index is 1300. The number of phenolic OH excluding ortho intramolecular Hbond substituents is 1. The molecule has 4 N–H and O–H groups in total. The molecule has 0 spiro atoms. The van der Waals surface area contributed by atoms with Gasteiger partial charge in [0.2, 0.25) is 5.91 Å². The lowest BCUT2D eigenvalue weighted by molar-refractivity contribution is -0.175. The van der Waals surface area contributed by atoms with Gasteiger partial charge in [0.05, 0.1) is 11.5 Å². The lowest BCUT2D eigenvalue weighted by atomic mass is 9.53. The first kappa shape index (κ1) is 24.1. The van der Waals surface area contributed by atoms with Gasteiger partial charge in [-0.2, -0.15) is 0 Å². The van der Waals surface area contributed by atoms with Crippen LogP contribution in [0.5, 0.6) is 5.75 Å². The minimum absolute atomic E-state index is 0.0506. The van der Waals surface area contributed by atoms with Crippen LogP contribution in [-0.4, -0.2) is 44.9 Å². The van der Waals surface area contributed by atoms with Crippen molar-refractivity contribution in [2.24, 2.45) is 29.4 Å². The third kappa shape index (κ3) is 3.59. The first-order valence-corrected chi connectivity index (χ1v) is 12.2. The Hall–Kier alpha value is -3.65. The summed E-state index contributed by atoms with van der Waals surface area (Å²) >= 11 is 0. The summed E-state index contributed by atoms with van der Waals surface area (Å²) in [6, 6.07) is 13.2. The molecule has 3 aliphatic carbocycles. The van der Waals surface area contributed by atoms with Gasteiger partial charge in [-0.25, -0.2) is 0 Å². The van der Waals surface area contributed by atoms with Gasteiger partial charge in [0.1, 0.15) is 5.75 Å². The van der Waals surface area contributed by atoms with Crippen LogP contribution in [0, 0.1) is 23.7 Å². The lowest BCUT2D eigenvalue weighted by Gasteiger charge is -2.48. The predicted octanol–water partition coefficient (Wildman–Crippen LogP) is 1.50. The van der Waals surface area contributed by atoms with Crippen LogP contribution in [0.15, 0.2) is 42.5 Å². The number of primary amides is 1. The number of hydrogen-bond donors (Lipinski definition) is 3. The second-order valence-electron chi connectivity index (χ2n) is 10.2. The zero-order valence-corrected chi connectivity index (χ0v) is 19.6. The highest BCUT2D eigenvalue weighted by molar-refractivity contribution is 6.31. The van der Waals surface area contributed by atoms with Crippen LogP contribution < -0.4 is 5.73 Å². The van der Waals surface area contributed by atoms with E-state index in [0.29, 0.717) is 18.4 Å². The minimum atomic E-state index is -2.62. The Balaban J connectivity index is 1.46. The summed E-state index contributed by atoms with van der Waals surface area (Å²) in [6.45, 7) is 0. The van der Waals surface area contributed by atoms with E-state index in [1.165, 1.54) is 11.6 Å². The van der Waals surface area contributed by atoms with E-state index in [0.717, 1.165) is 18.4 Å². The Morgan fingerprint density at radius 2 is 1.69 bits per heavy atom. The molecule has 8 heteroatoms. The summed E-state index contributed by atoms with van der Waals surface area (Å²) in [7, 11) is 0. The van der Waals surface area contributed by atoms with Crippen molar-refractivity contribution in [2.45, 2.75) is 44.1 Å². The van der Waals surface area contributed by atoms with E-state index >= 15 is 0 Å². The number of fused-ring (bicyclic) bond motifs is 3. The number of Topliss-reactive ketones (excluding diaryl/α,β-unsaturated/α-hetero) is 4. The van der Waals surface area contributed by atoms with Crippen molar-refractivity contribution in [1.29, 1.82) is 0 Å². The standard InChI is InChI=1S/C28H27NO7/c29-27(35)23-20(31)13-17-11-16-12-18-15(8-4-7-14-5-2-1-3-6-14)9-10-19(30)22(18)24(32)21(16)25(33)28(17,36)26(23)34/h1-3,5-6,9-10,16-17,21,23,30,36H,4,7-8,11-13H2,(H2,29,35)/t16-,17+,21?,23?,28+/m1/s1. The van der Waals surface area contributed by atoms with Gasteiger partial charge >= 0.3 is 0 Å². The average molecular weight is 490 g/mol. The largest absolute Gasteiger partial charge is 0.507 e. The van der Waals surface area contributed by atoms with Crippen LogP contribution in [0.1, 0.15) is 46.3 Å². The van der Waals surface area contributed by atoms with Crippen molar-refractivity contribution in [3.8, 4) is 5.75 Å². The number of ketones is 4. The van der Waals surface area contributed by atoms with Crippen molar-refractivity contribution in [2.75, 3.05) is 0 Å². The van der Waals surface area contributed by atoms with Crippen LogP contribution >= 0.6 is 0 Å². The summed E-state index contributed by atoms with van der Waals surface area (Å²) in [4.78, 5) is 64.2. The number of aromatic hydroxyl groups is 1. The monoisotopic (exact) mass is 489 g/mol. The molecule has 5 atom stereocenters. The van der Waals surface area contributed by atoms with Crippen molar-refractivity contribution in [1.82, 2.24) is 0 Å². The zero-order chi connectivity index (χ0) is 25.8. The Labute approximate surface area is 207 Å². The minimum Gasteiger partial charge on any atom is -0.507 e.